The van der Waals surface area contributed by atoms with Gasteiger partial charge in [-0.2, -0.15) is 0 Å². The minimum absolute atomic E-state index is 0.0283. The molecule has 6 nitrogen and oxygen atoms in total. The fourth-order valence-corrected chi connectivity index (χ4v) is 3.44. The number of para-hydroxylation sites is 1. The van der Waals surface area contributed by atoms with E-state index in [4.69, 9.17) is 4.74 Å². The monoisotopic (exact) mass is 337 g/mol. The van der Waals surface area contributed by atoms with Crippen LogP contribution in [-0.2, 0) is 9.53 Å². The van der Waals surface area contributed by atoms with Gasteiger partial charge in [-0.05, 0) is 24.3 Å². The molecule has 1 fully saturated rings. The van der Waals surface area contributed by atoms with Crippen molar-refractivity contribution in [2.75, 3.05) is 31.2 Å². The van der Waals surface area contributed by atoms with Crippen LogP contribution in [0.2, 0.25) is 0 Å². The van der Waals surface area contributed by atoms with E-state index in [1.807, 2.05) is 30.3 Å². The van der Waals surface area contributed by atoms with Crippen LogP contribution in [0.15, 0.2) is 48.7 Å². The minimum Gasteiger partial charge on any atom is -0.378 e. The van der Waals surface area contributed by atoms with Gasteiger partial charge in [0.05, 0.1) is 36.9 Å². The maximum atomic E-state index is 12.9. The van der Waals surface area contributed by atoms with Gasteiger partial charge in [-0.25, -0.2) is 0 Å². The van der Waals surface area contributed by atoms with Crippen LogP contribution in [0.4, 0.5) is 5.69 Å². The number of rotatable bonds is 3. The largest absolute Gasteiger partial charge is 0.378 e. The Bertz CT molecular complexity index is 788. The number of hydrogen-bond donors (Lipinski definition) is 0. The van der Waals surface area contributed by atoms with Gasteiger partial charge in [-0.3, -0.25) is 19.5 Å². The molecule has 1 atom stereocenters. The Balaban J connectivity index is 1.66. The number of aromatic nitrogens is 1. The Morgan fingerprint density at radius 3 is 2.64 bits per heavy atom. The molecule has 1 aromatic heterocycles. The molecule has 2 aromatic rings. The molecule has 0 spiro atoms. The molecule has 2 aliphatic heterocycles. The van der Waals surface area contributed by atoms with Gasteiger partial charge in [0.15, 0.2) is 0 Å². The summed E-state index contributed by atoms with van der Waals surface area (Å²) in [5.74, 6) is -0.0744. The molecule has 2 amide bonds. The molecule has 25 heavy (non-hydrogen) atoms. The highest BCUT2D eigenvalue weighted by Crippen LogP contribution is 2.38. The Kier molecular flexibility index (Phi) is 4.19. The number of amides is 2. The molecule has 1 aromatic carbocycles. The number of benzene rings is 1. The van der Waals surface area contributed by atoms with Crippen molar-refractivity contribution in [3.8, 4) is 0 Å². The van der Waals surface area contributed by atoms with Crippen molar-refractivity contribution < 1.29 is 14.3 Å². The number of nitrogens with zero attached hydrogens (tertiary/aromatic N) is 3. The molecule has 4 rings (SSSR count). The minimum atomic E-state index is -0.374. The van der Waals surface area contributed by atoms with Crippen LogP contribution in [0.3, 0.4) is 0 Å². The highest BCUT2D eigenvalue weighted by atomic mass is 16.5. The summed E-state index contributed by atoms with van der Waals surface area (Å²) < 4.78 is 5.31. The average molecular weight is 337 g/mol. The zero-order chi connectivity index (χ0) is 17.2. The maximum Gasteiger partial charge on any atom is 0.260 e. The SMILES string of the molecule is O=C(C[C@H]1c2ncccc2C(=O)N1c1ccccc1)N1CCOCC1. The smallest absolute Gasteiger partial charge is 0.260 e. The third-order valence-corrected chi connectivity index (χ3v) is 4.68. The molecular formula is C19H19N3O3. The number of pyridine rings is 1. The van der Waals surface area contributed by atoms with Crippen molar-refractivity contribution in [1.29, 1.82) is 0 Å². The Morgan fingerprint density at radius 1 is 1.12 bits per heavy atom. The first-order chi connectivity index (χ1) is 12.3. The molecule has 1 saturated heterocycles. The maximum absolute atomic E-state index is 12.9. The van der Waals surface area contributed by atoms with Crippen molar-refractivity contribution in [3.63, 3.8) is 0 Å². The number of carbonyl (C=O) groups excluding carboxylic acids is 2. The summed E-state index contributed by atoms with van der Waals surface area (Å²) in [5, 5.41) is 0. The Hall–Kier alpha value is -2.73. The first kappa shape index (κ1) is 15.8. The zero-order valence-electron chi connectivity index (χ0n) is 13.8. The number of anilines is 1. The lowest BCUT2D eigenvalue weighted by atomic mass is 10.1. The average Bonchev–Trinajstić information content (AvgIpc) is 2.95. The van der Waals surface area contributed by atoms with Gasteiger partial charge < -0.3 is 9.64 Å². The van der Waals surface area contributed by atoms with Crippen LogP contribution in [0.5, 0.6) is 0 Å². The van der Waals surface area contributed by atoms with Gasteiger partial charge in [0.1, 0.15) is 0 Å². The lowest BCUT2D eigenvalue weighted by Crippen LogP contribution is -2.42. The van der Waals surface area contributed by atoms with Crippen molar-refractivity contribution in [2.24, 2.45) is 0 Å². The van der Waals surface area contributed by atoms with Crippen LogP contribution in [0.1, 0.15) is 28.5 Å². The summed E-state index contributed by atoms with van der Waals surface area (Å²) in [7, 11) is 0. The molecule has 0 bridgehead atoms. The second-order valence-electron chi connectivity index (χ2n) is 6.16. The summed E-state index contributed by atoms with van der Waals surface area (Å²) in [5.41, 5.74) is 2.04. The van der Waals surface area contributed by atoms with Crippen molar-refractivity contribution in [3.05, 3.63) is 59.9 Å². The van der Waals surface area contributed by atoms with Crippen LogP contribution < -0.4 is 4.90 Å². The second kappa shape index (κ2) is 6.64. The first-order valence-corrected chi connectivity index (χ1v) is 8.45. The summed E-state index contributed by atoms with van der Waals surface area (Å²) >= 11 is 0. The molecule has 3 heterocycles. The summed E-state index contributed by atoms with van der Waals surface area (Å²) in [6, 6.07) is 12.6. The lowest BCUT2D eigenvalue weighted by Gasteiger charge is -2.30. The van der Waals surface area contributed by atoms with E-state index in [-0.39, 0.29) is 24.3 Å². The fraction of sp³-hybridized carbons (Fsp3) is 0.316. The van der Waals surface area contributed by atoms with E-state index in [1.54, 1.807) is 28.1 Å². The summed E-state index contributed by atoms with van der Waals surface area (Å²) in [6.07, 6.45) is 1.90. The molecule has 128 valence electrons. The lowest BCUT2D eigenvalue weighted by molar-refractivity contribution is -0.135. The van der Waals surface area contributed by atoms with Crippen LogP contribution in [0.25, 0.3) is 0 Å². The zero-order valence-corrected chi connectivity index (χ0v) is 13.8. The highest BCUT2D eigenvalue weighted by Gasteiger charge is 2.40. The third kappa shape index (κ3) is 2.89. The molecule has 2 aliphatic rings. The van der Waals surface area contributed by atoms with Gasteiger partial charge in [-0.15, -0.1) is 0 Å². The normalized spacial score (nSPS) is 19.8. The number of morpholine rings is 1. The van der Waals surface area contributed by atoms with Crippen LogP contribution in [0, 0.1) is 0 Å². The first-order valence-electron chi connectivity index (χ1n) is 8.45. The number of hydrogen-bond acceptors (Lipinski definition) is 4. The number of fused-ring (bicyclic) bond motifs is 1. The quantitative estimate of drug-likeness (QED) is 0.860. The molecule has 0 N–H and O–H groups in total. The summed E-state index contributed by atoms with van der Waals surface area (Å²) in [6.45, 7) is 2.32. The molecule has 0 aliphatic carbocycles. The van der Waals surface area contributed by atoms with Gasteiger partial charge in [0, 0.05) is 25.0 Å². The van der Waals surface area contributed by atoms with E-state index in [2.05, 4.69) is 4.98 Å². The summed E-state index contributed by atoms with van der Waals surface area (Å²) in [4.78, 5) is 33.6. The van der Waals surface area contributed by atoms with Gasteiger partial charge in [-0.1, -0.05) is 18.2 Å². The van der Waals surface area contributed by atoms with E-state index in [0.717, 1.165) is 5.69 Å². The number of ether oxygens (including phenoxy) is 1. The van der Waals surface area contributed by atoms with E-state index >= 15 is 0 Å². The Labute approximate surface area is 146 Å². The van der Waals surface area contributed by atoms with E-state index in [9.17, 15) is 9.59 Å². The molecule has 0 radical (unpaired) electrons. The third-order valence-electron chi connectivity index (χ3n) is 4.68. The van der Waals surface area contributed by atoms with Gasteiger partial charge >= 0.3 is 0 Å². The molecular weight excluding hydrogens is 318 g/mol. The van der Waals surface area contributed by atoms with Gasteiger partial charge in [0.25, 0.3) is 5.91 Å². The molecule has 6 heteroatoms. The standard InChI is InChI=1S/C19H19N3O3/c23-17(21-9-11-25-12-10-21)13-16-18-15(7-4-8-20-18)19(24)22(16)14-5-2-1-3-6-14/h1-8,16H,9-13H2/t16-/m0/s1. The van der Waals surface area contributed by atoms with Crippen LogP contribution in [-0.4, -0.2) is 48.0 Å². The topological polar surface area (TPSA) is 62.7 Å². The Morgan fingerprint density at radius 2 is 1.88 bits per heavy atom. The highest BCUT2D eigenvalue weighted by molar-refractivity contribution is 6.11. The van der Waals surface area contributed by atoms with Gasteiger partial charge in [0.2, 0.25) is 5.91 Å². The fourth-order valence-electron chi connectivity index (χ4n) is 3.44. The van der Waals surface area contributed by atoms with E-state index < -0.39 is 0 Å². The second-order valence-corrected chi connectivity index (χ2v) is 6.16. The van der Waals surface area contributed by atoms with Crippen molar-refractivity contribution in [1.82, 2.24) is 9.88 Å². The molecule has 0 unspecified atom stereocenters. The van der Waals surface area contributed by atoms with E-state index in [1.165, 1.54) is 0 Å². The van der Waals surface area contributed by atoms with Crippen LogP contribution >= 0.6 is 0 Å². The molecule has 0 saturated carbocycles. The predicted molar refractivity (Wildman–Crippen MR) is 92.2 cm³/mol. The number of carbonyl (C=O) groups is 2. The van der Waals surface area contributed by atoms with Crippen molar-refractivity contribution >= 4 is 17.5 Å². The van der Waals surface area contributed by atoms with E-state index in [0.29, 0.717) is 37.6 Å². The predicted octanol–water partition coefficient (Wildman–Crippen LogP) is 2.03. The van der Waals surface area contributed by atoms with Crippen molar-refractivity contribution in [2.45, 2.75) is 12.5 Å².